The van der Waals surface area contributed by atoms with E-state index in [1.807, 2.05) is 24.3 Å². The van der Waals surface area contributed by atoms with Gasteiger partial charge in [-0.3, -0.25) is 0 Å². The minimum Gasteiger partial charge on any atom is -0.507 e. The van der Waals surface area contributed by atoms with Gasteiger partial charge in [-0.15, -0.1) is 0 Å². The molecule has 0 amide bonds. The first-order chi connectivity index (χ1) is 8.20. The molecule has 0 saturated carbocycles. The SMILES string of the molecule is Oc1c2c(c(O)c3ccccc13)C(Br)CCC2. The number of halogens is 1. The Hall–Kier alpha value is -1.22. The first kappa shape index (κ1) is 10.9. The molecule has 0 aromatic heterocycles. The number of phenols is 2. The van der Waals surface area contributed by atoms with E-state index in [1.165, 1.54) is 0 Å². The highest BCUT2D eigenvalue weighted by molar-refractivity contribution is 9.09. The Labute approximate surface area is 108 Å². The third kappa shape index (κ3) is 1.53. The fourth-order valence-electron chi connectivity index (χ4n) is 2.67. The molecule has 2 N–H and O–H groups in total. The molecule has 0 fully saturated rings. The van der Waals surface area contributed by atoms with Crippen molar-refractivity contribution in [1.82, 2.24) is 0 Å². The van der Waals surface area contributed by atoms with Crippen molar-refractivity contribution in [2.75, 3.05) is 0 Å². The van der Waals surface area contributed by atoms with Crippen molar-refractivity contribution in [3.05, 3.63) is 35.4 Å². The van der Waals surface area contributed by atoms with Crippen molar-refractivity contribution in [2.24, 2.45) is 0 Å². The number of phenolic OH excluding ortho intramolecular Hbond substituents is 2. The van der Waals surface area contributed by atoms with Crippen molar-refractivity contribution in [3.63, 3.8) is 0 Å². The van der Waals surface area contributed by atoms with Crippen LogP contribution in [0.15, 0.2) is 24.3 Å². The van der Waals surface area contributed by atoms with Crippen molar-refractivity contribution in [1.29, 1.82) is 0 Å². The number of benzene rings is 2. The molecule has 0 spiro atoms. The van der Waals surface area contributed by atoms with Gasteiger partial charge >= 0.3 is 0 Å². The van der Waals surface area contributed by atoms with Crippen LogP contribution in [0.3, 0.4) is 0 Å². The summed E-state index contributed by atoms with van der Waals surface area (Å²) in [5, 5.41) is 22.1. The Morgan fingerprint density at radius 2 is 1.71 bits per heavy atom. The maximum atomic E-state index is 10.3. The molecule has 3 rings (SSSR count). The van der Waals surface area contributed by atoms with Gasteiger partial charge in [-0.25, -0.2) is 0 Å². The van der Waals surface area contributed by atoms with Gasteiger partial charge in [0.25, 0.3) is 0 Å². The summed E-state index contributed by atoms with van der Waals surface area (Å²) in [6.07, 6.45) is 2.87. The van der Waals surface area contributed by atoms with Crippen LogP contribution in [-0.2, 0) is 6.42 Å². The molecule has 2 aromatic carbocycles. The number of hydrogen-bond donors (Lipinski definition) is 2. The van der Waals surface area contributed by atoms with E-state index in [0.29, 0.717) is 11.5 Å². The first-order valence-electron chi connectivity index (χ1n) is 5.79. The lowest BCUT2D eigenvalue weighted by Gasteiger charge is -2.24. The molecule has 3 heteroatoms. The summed E-state index contributed by atoms with van der Waals surface area (Å²) in [5.74, 6) is 0.646. The monoisotopic (exact) mass is 292 g/mol. The lowest BCUT2D eigenvalue weighted by Crippen LogP contribution is -2.06. The molecule has 2 nitrogen and oxygen atoms in total. The Morgan fingerprint density at radius 3 is 2.41 bits per heavy atom. The highest BCUT2D eigenvalue weighted by atomic mass is 79.9. The molecule has 0 radical (unpaired) electrons. The highest BCUT2D eigenvalue weighted by Gasteiger charge is 2.26. The second-order valence-corrected chi connectivity index (χ2v) is 5.60. The quantitative estimate of drug-likeness (QED) is 0.569. The predicted molar refractivity (Wildman–Crippen MR) is 71.9 cm³/mol. The van der Waals surface area contributed by atoms with Crippen LogP contribution in [-0.4, -0.2) is 10.2 Å². The number of alkyl halides is 1. The topological polar surface area (TPSA) is 40.5 Å². The maximum Gasteiger partial charge on any atom is 0.128 e. The van der Waals surface area contributed by atoms with Gasteiger partial charge in [-0.05, 0) is 19.3 Å². The summed E-state index contributed by atoms with van der Waals surface area (Å²) in [6.45, 7) is 0. The minimum atomic E-state index is 0.141. The molecule has 1 atom stereocenters. The van der Waals surface area contributed by atoms with Gasteiger partial charge < -0.3 is 10.2 Å². The van der Waals surface area contributed by atoms with E-state index in [0.717, 1.165) is 41.2 Å². The second kappa shape index (κ2) is 3.91. The number of fused-ring (bicyclic) bond motifs is 2. The van der Waals surface area contributed by atoms with Gasteiger partial charge in [0.1, 0.15) is 11.5 Å². The van der Waals surface area contributed by atoms with Crippen LogP contribution in [0.25, 0.3) is 10.8 Å². The summed E-state index contributed by atoms with van der Waals surface area (Å²) < 4.78 is 0. The molecular formula is C14H13BrO2. The highest BCUT2D eigenvalue weighted by Crippen LogP contribution is 2.48. The summed E-state index contributed by atoms with van der Waals surface area (Å²) in [6, 6.07) is 7.45. The molecule has 0 heterocycles. The molecule has 1 aliphatic carbocycles. The van der Waals surface area contributed by atoms with Crippen LogP contribution in [0.5, 0.6) is 11.5 Å². The van der Waals surface area contributed by atoms with E-state index >= 15 is 0 Å². The molecule has 17 heavy (non-hydrogen) atoms. The largest absolute Gasteiger partial charge is 0.507 e. The van der Waals surface area contributed by atoms with E-state index < -0.39 is 0 Å². The molecule has 1 aliphatic rings. The predicted octanol–water partition coefficient (Wildman–Crippen LogP) is 4.02. The van der Waals surface area contributed by atoms with Gasteiger partial charge in [-0.2, -0.15) is 0 Å². The van der Waals surface area contributed by atoms with E-state index in [4.69, 9.17) is 0 Å². The molecule has 0 aliphatic heterocycles. The third-order valence-corrected chi connectivity index (χ3v) is 4.42. The summed E-state index contributed by atoms with van der Waals surface area (Å²) in [7, 11) is 0. The van der Waals surface area contributed by atoms with Gasteiger partial charge in [0.05, 0.1) is 0 Å². The standard InChI is InChI=1S/C14H13BrO2/c15-11-7-3-6-10-12(11)14(17)9-5-2-1-4-8(9)13(10)16/h1-2,4-5,11,16-17H,3,6-7H2. The number of aromatic hydroxyl groups is 2. The molecule has 0 bridgehead atoms. The van der Waals surface area contributed by atoms with Gasteiger partial charge in [0.2, 0.25) is 0 Å². The second-order valence-electron chi connectivity index (χ2n) is 4.49. The smallest absolute Gasteiger partial charge is 0.128 e. The summed E-state index contributed by atoms with van der Waals surface area (Å²) >= 11 is 3.59. The van der Waals surface area contributed by atoms with Crippen molar-refractivity contribution >= 4 is 26.7 Å². The van der Waals surface area contributed by atoms with E-state index in [1.54, 1.807) is 0 Å². The molecule has 0 saturated heterocycles. The number of hydrogen-bond acceptors (Lipinski definition) is 2. The summed E-state index contributed by atoms with van der Waals surface area (Å²) in [5.41, 5.74) is 1.77. The van der Waals surface area contributed by atoms with Crippen LogP contribution in [0.2, 0.25) is 0 Å². The average molecular weight is 293 g/mol. The van der Waals surface area contributed by atoms with Crippen molar-refractivity contribution in [3.8, 4) is 11.5 Å². The normalized spacial score (nSPS) is 19.2. The van der Waals surface area contributed by atoms with E-state index in [-0.39, 0.29) is 4.83 Å². The zero-order valence-corrected chi connectivity index (χ0v) is 10.9. The first-order valence-corrected chi connectivity index (χ1v) is 6.71. The Kier molecular flexibility index (Phi) is 2.51. The maximum absolute atomic E-state index is 10.3. The van der Waals surface area contributed by atoms with Gasteiger partial charge in [0, 0.05) is 26.7 Å². The van der Waals surface area contributed by atoms with Crippen LogP contribution in [0.1, 0.15) is 28.8 Å². The third-order valence-electron chi connectivity index (χ3n) is 3.50. The van der Waals surface area contributed by atoms with Crippen molar-refractivity contribution in [2.45, 2.75) is 24.1 Å². The van der Waals surface area contributed by atoms with Gasteiger partial charge in [0.15, 0.2) is 0 Å². The zero-order valence-electron chi connectivity index (χ0n) is 9.28. The van der Waals surface area contributed by atoms with Gasteiger partial charge in [-0.1, -0.05) is 40.2 Å². The van der Waals surface area contributed by atoms with E-state index in [2.05, 4.69) is 15.9 Å². The molecule has 2 aromatic rings. The Balaban J connectivity index is 2.44. The lowest BCUT2D eigenvalue weighted by molar-refractivity contribution is 0.448. The van der Waals surface area contributed by atoms with Crippen LogP contribution >= 0.6 is 15.9 Å². The van der Waals surface area contributed by atoms with Crippen LogP contribution < -0.4 is 0 Å². The molecule has 88 valence electrons. The number of rotatable bonds is 0. The summed E-state index contributed by atoms with van der Waals surface area (Å²) in [4.78, 5) is 0.141. The Morgan fingerprint density at radius 1 is 1.06 bits per heavy atom. The zero-order chi connectivity index (χ0) is 12.0. The van der Waals surface area contributed by atoms with Crippen LogP contribution in [0.4, 0.5) is 0 Å². The Bertz CT molecular complexity index is 592. The van der Waals surface area contributed by atoms with Crippen molar-refractivity contribution < 1.29 is 10.2 Å². The molecular weight excluding hydrogens is 280 g/mol. The average Bonchev–Trinajstić information content (AvgIpc) is 2.36. The fraction of sp³-hybridized carbons (Fsp3) is 0.286. The fourth-order valence-corrected chi connectivity index (χ4v) is 3.48. The van der Waals surface area contributed by atoms with Crippen LogP contribution in [0, 0.1) is 0 Å². The lowest BCUT2D eigenvalue weighted by atomic mass is 9.87. The van der Waals surface area contributed by atoms with E-state index in [9.17, 15) is 10.2 Å². The molecule has 1 unspecified atom stereocenters. The minimum absolute atomic E-state index is 0.141.